The molecule has 0 saturated heterocycles. The van der Waals surface area contributed by atoms with E-state index in [9.17, 15) is 8.42 Å². The minimum atomic E-state index is -3.52. The van der Waals surface area contributed by atoms with Crippen molar-refractivity contribution in [1.29, 1.82) is 0 Å². The number of halogens is 1. The third-order valence-electron chi connectivity index (χ3n) is 3.59. The minimum Gasteiger partial charge on any atom is -0.228 e. The first-order valence-electron chi connectivity index (χ1n) is 7.57. The van der Waals surface area contributed by atoms with Gasteiger partial charge in [0.15, 0.2) is 0 Å². The van der Waals surface area contributed by atoms with Crippen LogP contribution in [0.3, 0.4) is 0 Å². The molecule has 0 aliphatic carbocycles. The maximum Gasteiger partial charge on any atom is 0.240 e. The van der Waals surface area contributed by atoms with Crippen molar-refractivity contribution >= 4 is 21.6 Å². The van der Waals surface area contributed by atoms with Gasteiger partial charge in [-0.2, -0.15) is 0 Å². The number of nitrogens with zero attached hydrogens (tertiary/aromatic N) is 4. The molecule has 0 saturated carbocycles. The normalized spacial score (nSPS) is 11.6. The summed E-state index contributed by atoms with van der Waals surface area (Å²) in [7, 11) is -3.52. The predicted molar refractivity (Wildman–Crippen MR) is 93.7 cm³/mol. The number of aromatic nitrogens is 4. The van der Waals surface area contributed by atoms with E-state index in [0.29, 0.717) is 24.5 Å². The second kappa shape index (κ2) is 7.73. The molecule has 0 bridgehead atoms. The number of hydrogen-bond acceptors (Lipinski definition) is 5. The minimum absolute atomic E-state index is 0.202. The van der Waals surface area contributed by atoms with E-state index in [2.05, 4.69) is 20.2 Å². The molecule has 0 fully saturated rings. The molecular formula is C16H16ClN5O2S. The quantitative estimate of drug-likeness (QED) is 0.679. The Morgan fingerprint density at radius 1 is 1.00 bits per heavy atom. The van der Waals surface area contributed by atoms with Crippen LogP contribution >= 0.6 is 11.6 Å². The first-order chi connectivity index (χ1) is 12.0. The van der Waals surface area contributed by atoms with Gasteiger partial charge in [0, 0.05) is 11.6 Å². The van der Waals surface area contributed by atoms with Crippen molar-refractivity contribution in [2.75, 3.05) is 6.54 Å². The molecule has 0 spiro atoms. The van der Waals surface area contributed by atoms with Gasteiger partial charge >= 0.3 is 0 Å². The molecule has 1 heterocycles. The fraction of sp³-hybridized carbons (Fsp3) is 0.188. The highest BCUT2D eigenvalue weighted by Gasteiger charge is 2.12. The molecule has 1 N–H and O–H groups in total. The van der Waals surface area contributed by atoms with Crippen LogP contribution in [-0.2, 0) is 23.0 Å². The Morgan fingerprint density at radius 2 is 1.68 bits per heavy atom. The molecule has 0 unspecified atom stereocenters. The van der Waals surface area contributed by atoms with E-state index < -0.39 is 10.0 Å². The first kappa shape index (κ1) is 17.5. The average molecular weight is 378 g/mol. The maximum atomic E-state index is 12.2. The molecule has 3 rings (SSSR count). The van der Waals surface area contributed by atoms with Gasteiger partial charge in [0.25, 0.3) is 0 Å². The molecule has 0 atom stereocenters. The van der Waals surface area contributed by atoms with Crippen molar-refractivity contribution < 1.29 is 8.42 Å². The highest BCUT2D eigenvalue weighted by atomic mass is 35.5. The zero-order valence-corrected chi connectivity index (χ0v) is 14.8. The third-order valence-corrected chi connectivity index (χ3v) is 5.32. The summed E-state index contributed by atoms with van der Waals surface area (Å²) >= 11 is 5.78. The fourth-order valence-corrected chi connectivity index (χ4v) is 3.44. The number of benzene rings is 2. The molecule has 0 radical (unpaired) electrons. The summed E-state index contributed by atoms with van der Waals surface area (Å²) in [5, 5.41) is 11.5. The SMILES string of the molecule is O=S(=O)(NCCc1ccc(Cn2cnnn2)cc1)c1ccc(Cl)cc1. The Balaban J connectivity index is 1.54. The van der Waals surface area contributed by atoms with Gasteiger partial charge in [-0.05, 0) is 52.2 Å². The topological polar surface area (TPSA) is 89.8 Å². The van der Waals surface area contributed by atoms with E-state index in [1.54, 1.807) is 23.1 Å². The van der Waals surface area contributed by atoms with Gasteiger partial charge in [-0.3, -0.25) is 0 Å². The van der Waals surface area contributed by atoms with Crippen molar-refractivity contribution in [2.45, 2.75) is 17.9 Å². The van der Waals surface area contributed by atoms with E-state index in [4.69, 9.17) is 11.6 Å². The highest BCUT2D eigenvalue weighted by Crippen LogP contribution is 2.14. The van der Waals surface area contributed by atoms with E-state index >= 15 is 0 Å². The molecule has 0 aliphatic heterocycles. The zero-order valence-electron chi connectivity index (χ0n) is 13.2. The second-order valence-electron chi connectivity index (χ2n) is 5.43. The van der Waals surface area contributed by atoms with Gasteiger partial charge in [-0.25, -0.2) is 17.8 Å². The molecule has 2 aromatic carbocycles. The largest absolute Gasteiger partial charge is 0.240 e. The predicted octanol–water partition coefficient (Wildman–Crippen LogP) is 1.90. The van der Waals surface area contributed by atoms with Crippen LogP contribution in [0.5, 0.6) is 0 Å². The lowest BCUT2D eigenvalue weighted by Gasteiger charge is -2.08. The zero-order chi connectivity index (χ0) is 17.7. The molecule has 3 aromatic rings. The Bertz CT molecular complexity index is 910. The molecular weight excluding hydrogens is 362 g/mol. The molecule has 9 heteroatoms. The molecule has 1 aromatic heterocycles. The number of tetrazole rings is 1. The van der Waals surface area contributed by atoms with Gasteiger partial charge in [0.1, 0.15) is 6.33 Å². The Kier molecular flexibility index (Phi) is 5.42. The summed E-state index contributed by atoms with van der Waals surface area (Å²) in [6.07, 6.45) is 2.15. The lowest BCUT2D eigenvalue weighted by molar-refractivity contribution is 0.581. The van der Waals surface area contributed by atoms with Crippen molar-refractivity contribution in [3.63, 3.8) is 0 Å². The summed E-state index contributed by atoms with van der Waals surface area (Å²) in [5.74, 6) is 0. The number of nitrogens with one attached hydrogen (secondary N) is 1. The van der Waals surface area contributed by atoms with Crippen LogP contribution in [-0.4, -0.2) is 35.2 Å². The number of rotatable bonds is 7. The van der Waals surface area contributed by atoms with Crippen LogP contribution in [0.15, 0.2) is 59.8 Å². The summed E-state index contributed by atoms with van der Waals surface area (Å²) in [4.78, 5) is 0.202. The van der Waals surface area contributed by atoms with Crippen LogP contribution in [0, 0.1) is 0 Å². The summed E-state index contributed by atoms with van der Waals surface area (Å²) in [6.45, 7) is 0.910. The smallest absolute Gasteiger partial charge is 0.228 e. The van der Waals surface area contributed by atoms with Crippen molar-refractivity contribution in [2.24, 2.45) is 0 Å². The van der Waals surface area contributed by atoms with Gasteiger partial charge < -0.3 is 0 Å². The lowest BCUT2D eigenvalue weighted by atomic mass is 10.1. The molecule has 7 nitrogen and oxygen atoms in total. The monoisotopic (exact) mass is 377 g/mol. The molecule has 25 heavy (non-hydrogen) atoms. The van der Waals surface area contributed by atoms with Crippen molar-refractivity contribution in [1.82, 2.24) is 24.9 Å². The van der Waals surface area contributed by atoms with Crippen LogP contribution in [0.25, 0.3) is 0 Å². The Hall–Kier alpha value is -2.29. The van der Waals surface area contributed by atoms with E-state index in [1.807, 2.05) is 24.3 Å². The average Bonchev–Trinajstić information content (AvgIpc) is 3.10. The fourth-order valence-electron chi connectivity index (χ4n) is 2.28. The van der Waals surface area contributed by atoms with E-state index in [1.165, 1.54) is 12.1 Å². The number of hydrogen-bond donors (Lipinski definition) is 1. The van der Waals surface area contributed by atoms with Crippen LogP contribution < -0.4 is 4.72 Å². The maximum absolute atomic E-state index is 12.2. The van der Waals surface area contributed by atoms with Crippen molar-refractivity contribution in [3.8, 4) is 0 Å². The van der Waals surface area contributed by atoms with Crippen molar-refractivity contribution in [3.05, 3.63) is 71.0 Å². The van der Waals surface area contributed by atoms with Crippen LogP contribution in [0.1, 0.15) is 11.1 Å². The third kappa shape index (κ3) is 4.85. The van der Waals surface area contributed by atoms with Gasteiger partial charge in [0.2, 0.25) is 10.0 Å². The Morgan fingerprint density at radius 3 is 2.32 bits per heavy atom. The standard InChI is InChI=1S/C16H16ClN5O2S/c17-15-5-7-16(8-6-15)25(23,24)19-10-9-13-1-3-14(4-2-13)11-22-12-18-20-21-22/h1-8,12,19H,9-11H2. The molecule has 0 aliphatic rings. The molecule has 0 amide bonds. The number of sulfonamides is 1. The molecule has 130 valence electrons. The van der Waals surface area contributed by atoms with Gasteiger partial charge in [-0.15, -0.1) is 5.10 Å². The summed E-state index contributed by atoms with van der Waals surface area (Å²) in [5.41, 5.74) is 2.11. The first-order valence-corrected chi connectivity index (χ1v) is 9.43. The second-order valence-corrected chi connectivity index (χ2v) is 7.63. The van der Waals surface area contributed by atoms with Crippen LogP contribution in [0.2, 0.25) is 5.02 Å². The van der Waals surface area contributed by atoms with Gasteiger partial charge in [0.05, 0.1) is 11.4 Å². The van der Waals surface area contributed by atoms with Gasteiger partial charge in [-0.1, -0.05) is 35.9 Å². The Labute approximate surface area is 150 Å². The van der Waals surface area contributed by atoms with E-state index in [0.717, 1.165) is 11.1 Å². The summed E-state index contributed by atoms with van der Waals surface area (Å²) in [6, 6.07) is 14.0. The van der Waals surface area contributed by atoms with E-state index in [-0.39, 0.29) is 4.90 Å². The summed E-state index contributed by atoms with van der Waals surface area (Å²) < 4.78 is 28.6. The highest BCUT2D eigenvalue weighted by molar-refractivity contribution is 7.89. The lowest BCUT2D eigenvalue weighted by Crippen LogP contribution is -2.25. The van der Waals surface area contributed by atoms with Crippen LogP contribution in [0.4, 0.5) is 0 Å².